The highest BCUT2D eigenvalue weighted by Gasteiger charge is 2.18. The first kappa shape index (κ1) is 16.4. The smallest absolute Gasteiger partial charge is 0.362 e. The van der Waals surface area contributed by atoms with E-state index in [1.807, 2.05) is 24.3 Å². The average molecular weight is 336 g/mol. The number of tetrazole rings is 1. The standard InChI is InChI=1S/C18H16N4O3/c1-13-19-20-21-22(13)17(12-14-7-6-10-16(11-14)24-2)18(23)25-15-8-4-3-5-9-15/h3-12H,1-2H3/b17-12+. The molecule has 0 atom stereocenters. The highest BCUT2D eigenvalue weighted by Crippen LogP contribution is 2.19. The van der Waals surface area contributed by atoms with Gasteiger partial charge in [-0.15, -0.1) is 5.10 Å². The quantitative estimate of drug-likeness (QED) is 0.405. The molecule has 0 aliphatic carbocycles. The number of aromatic nitrogens is 4. The number of hydrogen-bond acceptors (Lipinski definition) is 6. The van der Waals surface area contributed by atoms with Gasteiger partial charge in [-0.2, -0.15) is 4.68 Å². The molecule has 2 aromatic carbocycles. The largest absolute Gasteiger partial charge is 0.497 e. The Labute approximate surface area is 144 Å². The highest BCUT2D eigenvalue weighted by atomic mass is 16.5. The van der Waals surface area contributed by atoms with Crippen LogP contribution in [0.25, 0.3) is 11.8 Å². The minimum absolute atomic E-state index is 0.194. The summed E-state index contributed by atoms with van der Waals surface area (Å²) in [5, 5.41) is 11.3. The fraction of sp³-hybridized carbons (Fsp3) is 0.111. The van der Waals surface area contributed by atoms with Gasteiger partial charge in [0.25, 0.3) is 0 Å². The molecule has 0 saturated carbocycles. The molecular weight excluding hydrogens is 320 g/mol. The van der Waals surface area contributed by atoms with E-state index < -0.39 is 5.97 Å². The predicted molar refractivity (Wildman–Crippen MR) is 91.8 cm³/mol. The molecule has 0 radical (unpaired) electrons. The van der Waals surface area contributed by atoms with Gasteiger partial charge in [-0.3, -0.25) is 0 Å². The summed E-state index contributed by atoms with van der Waals surface area (Å²) in [5.41, 5.74) is 0.953. The van der Waals surface area contributed by atoms with E-state index >= 15 is 0 Å². The van der Waals surface area contributed by atoms with Crippen LogP contribution < -0.4 is 9.47 Å². The van der Waals surface area contributed by atoms with E-state index in [1.165, 1.54) is 4.68 Å². The Morgan fingerprint density at radius 3 is 2.52 bits per heavy atom. The molecule has 3 rings (SSSR count). The van der Waals surface area contributed by atoms with Crippen LogP contribution in [0.5, 0.6) is 11.5 Å². The number of carbonyl (C=O) groups is 1. The van der Waals surface area contributed by atoms with Crippen LogP contribution in [0.4, 0.5) is 0 Å². The number of esters is 1. The Morgan fingerprint density at radius 2 is 1.84 bits per heavy atom. The Kier molecular flexibility index (Phi) is 4.84. The van der Waals surface area contributed by atoms with Crippen molar-refractivity contribution in [3.8, 4) is 11.5 Å². The Balaban J connectivity index is 1.99. The number of ether oxygens (including phenoxy) is 2. The van der Waals surface area contributed by atoms with Crippen LogP contribution in [0, 0.1) is 6.92 Å². The molecule has 7 heteroatoms. The van der Waals surface area contributed by atoms with Crippen molar-refractivity contribution in [2.45, 2.75) is 6.92 Å². The van der Waals surface area contributed by atoms with Gasteiger partial charge in [-0.25, -0.2) is 4.79 Å². The third-order valence-corrected chi connectivity index (χ3v) is 3.41. The van der Waals surface area contributed by atoms with Gasteiger partial charge in [0.2, 0.25) is 0 Å². The lowest BCUT2D eigenvalue weighted by molar-refractivity contribution is -0.128. The highest BCUT2D eigenvalue weighted by molar-refractivity contribution is 6.16. The minimum atomic E-state index is -0.565. The van der Waals surface area contributed by atoms with Crippen molar-refractivity contribution in [1.29, 1.82) is 0 Å². The Hall–Kier alpha value is -3.48. The van der Waals surface area contributed by atoms with E-state index in [0.717, 1.165) is 5.56 Å². The maximum Gasteiger partial charge on any atom is 0.362 e. The number of benzene rings is 2. The first-order valence-corrected chi connectivity index (χ1v) is 7.55. The number of methoxy groups -OCH3 is 1. The van der Waals surface area contributed by atoms with E-state index in [1.54, 1.807) is 50.4 Å². The number of hydrogen-bond donors (Lipinski definition) is 0. The van der Waals surface area contributed by atoms with Gasteiger partial charge in [-0.05, 0) is 53.3 Å². The van der Waals surface area contributed by atoms with Gasteiger partial charge in [0.1, 0.15) is 11.5 Å². The van der Waals surface area contributed by atoms with Gasteiger partial charge in [0.15, 0.2) is 11.5 Å². The molecule has 7 nitrogen and oxygen atoms in total. The molecule has 0 spiro atoms. The van der Waals surface area contributed by atoms with Crippen molar-refractivity contribution in [2.24, 2.45) is 0 Å². The SMILES string of the molecule is COc1cccc(/C=C(\C(=O)Oc2ccccc2)n2nnnc2C)c1. The summed E-state index contributed by atoms with van der Waals surface area (Å²) >= 11 is 0. The van der Waals surface area contributed by atoms with Crippen LogP contribution >= 0.6 is 0 Å². The summed E-state index contributed by atoms with van der Waals surface area (Å²) in [5.74, 6) is 1.02. The fourth-order valence-electron chi connectivity index (χ4n) is 2.20. The maximum absolute atomic E-state index is 12.7. The number of rotatable bonds is 5. The first-order valence-electron chi connectivity index (χ1n) is 7.55. The Morgan fingerprint density at radius 1 is 1.08 bits per heavy atom. The minimum Gasteiger partial charge on any atom is -0.497 e. The summed E-state index contributed by atoms with van der Waals surface area (Å²) in [7, 11) is 1.58. The number of carbonyl (C=O) groups excluding carboxylic acids is 1. The lowest BCUT2D eigenvalue weighted by atomic mass is 10.2. The van der Waals surface area contributed by atoms with E-state index in [4.69, 9.17) is 9.47 Å². The molecule has 126 valence electrons. The Bertz CT molecular complexity index is 903. The van der Waals surface area contributed by atoms with E-state index in [9.17, 15) is 4.79 Å². The summed E-state index contributed by atoms with van der Waals surface area (Å²) in [6.45, 7) is 1.70. The molecule has 0 aliphatic rings. The van der Waals surface area contributed by atoms with E-state index in [2.05, 4.69) is 15.5 Å². The molecule has 0 N–H and O–H groups in total. The summed E-state index contributed by atoms with van der Waals surface area (Å²) < 4.78 is 12.0. The second kappa shape index (κ2) is 7.39. The molecule has 25 heavy (non-hydrogen) atoms. The summed E-state index contributed by atoms with van der Waals surface area (Å²) in [4.78, 5) is 12.7. The van der Waals surface area contributed by atoms with Crippen LogP contribution in [0.1, 0.15) is 11.4 Å². The first-order chi connectivity index (χ1) is 12.2. The van der Waals surface area contributed by atoms with Crippen molar-refractivity contribution in [3.05, 3.63) is 66.0 Å². The van der Waals surface area contributed by atoms with Crippen LogP contribution in [0.2, 0.25) is 0 Å². The second-order valence-electron chi connectivity index (χ2n) is 5.15. The van der Waals surface area contributed by atoms with Crippen LogP contribution in [-0.4, -0.2) is 33.3 Å². The molecule has 3 aromatic rings. The van der Waals surface area contributed by atoms with Crippen LogP contribution in [0.3, 0.4) is 0 Å². The van der Waals surface area contributed by atoms with Crippen molar-refractivity contribution in [1.82, 2.24) is 20.2 Å². The van der Waals surface area contributed by atoms with Gasteiger partial charge in [0.05, 0.1) is 7.11 Å². The van der Waals surface area contributed by atoms with Crippen LogP contribution in [0.15, 0.2) is 54.6 Å². The fourth-order valence-corrected chi connectivity index (χ4v) is 2.20. The molecule has 0 bridgehead atoms. The summed E-state index contributed by atoms with van der Waals surface area (Å²) in [6.07, 6.45) is 1.65. The topological polar surface area (TPSA) is 79.1 Å². The van der Waals surface area contributed by atoms with E-state index in [-0.39, 0.29) is 5.70 Å². The number of para-hydroxylation sites is 1. The second-order valence-corrected chi connectivity index (χ2v) is 5.15. The zero-order valence-corrected chi connectivity index (χ0v) is 13.8. The van der Waals surface area contributed by atoms with Crippen LogP contribution in [-0.2, 0) is 4.79 Å². The lowest BCUT2D eigenvalue weighted by Crippen LogP contribution is -2.17. The van der Waals surface area contributed by atoms with Crippen molar-refractivity contribution < 1.29 is 14.3 Å². The third kappa shape index (κ3) is 3.89. The van der Waals surface area contributed by atoms with Crippen molar-refractivity contribution in [2.75, 3.05) is 7.11 Å². The maximum atomic E-state index is 12.7. The third-order valence-electron chi connectivity index (χ3n) is 3.41. The number of aryl methyl sites for hydroxylation is 1. The molecule has 1 heterocycles. The van der Waals surface area contributed by atoms with Crippen molar-refractivity contribution in [3.63, 3.8) is 0 Å². The lowest BCUT2D eigenvalue weighted by Gasteiger charge is -2.09. The van der Waals surface area contributed by atoms with E-state index in [0.29, 0.717) is 17.3 Å². The van der Waals surface area contributed by atoms with Gasteiger partial charge in [0, 0.05) is 0 Å². The molecule has 0 aliphatic heterocycles. The molecular formula is C18H16N4O3. The summed E-state index contributed by atoms with van der Waals surface area (Å²) in [6, 6.07) is 16.1. The van der Waals surface area contributed by atoms with Gasteiger partial charge < -0.3 is 9.47 Å². The molecule has 0 amide bonds. The molecule has 0 fully saturated rings. The van der Waals surface area contributed by atoms with Gasteiger partial charge in [-0.1, -0.05) is 30.3 Å². The molecule has 0 unspecified atom stereocenters. The normalized spacial score (nSPS) is 11.2. The number of nitrogens with zero attached hydrogens (tertiary/aromatic N) is 4. The zero-order chi connectivity index (χ0) is 17.6. The molecule has 0 saturated heterocycles. The van der Waals surface area contributed by atoms with Crippen molar-refractivity contribution >= 4 is 17.7 Å². The average Bonchev–Trinajstić information content (AvgIpc) is 3.06. The van der Waals surface area contributed by atoms with Gasteiger partial charge >= 0.3 is 5.97 Å². The molecule has 1 aromatic heterocycles. The monoisotopic (exact) mass is 336 g/mol. The zero-order valence-electron chi connectivity index (χ0n) is 13.8. The predicted octanol–water partition coefficient (Wildman–Crippen LogP) is 2.59.